The highest BCUT2D eigenvalue weighted by Crippen LogP contribution is 2.36. The molecule has 3 nitrogen and oxygen atoms in total. The Hall–Kier alpha value is -1.06. The summed E-state index contributed by atoms with van der Waals surface area (Å²) in [5.41, 5.74) is 9.00. The lowest BCUT2D eigenvalue weighted by molar-refractivity contribution is -0.115. The molecule has 2 unspecified atom stereocenters. The molecule has 0 radical (unpaired) electrons. The number of carbonyl (C=O) groups excluding carboxylic acids is 1. The van der Waals surface area contributed by atoms with Gasteiger partial charge in [0.15, 0.2) is 0 Å². The third-order valence-corrected chi connectivity index (χ3v) is 3.67. The monoisotopic (exact) mass is 252 g/mol. The molecule has 1 aliphatic rings. The van der Waals surface area contributed by atoms with Gasteiger partial charge >= 0.3 is 0 Å². The van der Waals surface area contributed by atoms with Crippen LogP contribution in [0.4, 0.5) is 5.69 Å². The van der Waals surface area contributed by atoms with Crippen LogP contribution in [0.3, 0.4) is 0 Å². The third-order valence-electron chi connectivity index (χ3n) is 3.45. The Balaban J connectivity index is 2.44. The van der Waals surface area contributed by atoms with Crippen LogP contribution in [-0.2, 0) is 11.2 Å². The molecule has 1 heterocycles. The van der Waals surface area contributed by atoms with Crippen LogP contribution in [0, 0.1) is 5.92 Å². The normalized spacial score (nSPS) is 17.5. The van der Waals surface area contributed by atoms with E-state index in [2.05, 4.69) is 19.2 Å². The molecule has 0 aliphatic carbocycles. The lowest BCUT2D eigenvalue weighted by Gasteiger charge is -2.21. The first-order valence-corrected chi connectivity index (χ1v) is 6.28. The van der Waals surface area contributed by atoms with Crippen molar-refractivity contribution in [1.82, 2.24) is 0 Å². The molecule has 1 amide bonds. The zero-order valence-corrected chi connectivity index (χ0v) is 10.8. The largest absolute Gasteiger partial charge is 0.325 e. The van der Waals surface area contributed by atoms with Crippen LogP contribution in [0.15, 0.2) is 12.1 Å². The van der Waals surface area contributed by atoms with E-state index in [1.807, 2.05) is 12.1 Å². The second kappa shape index (κ2) is 4.67. The summed E-state index contributed by atoms with van der Waals surface area (Å²) in [4.78, 5) is 11.4. The van der Waals surface area contributed by atoms with Crippen LogP contribution in [0.2, 0.25) is 5.02 Å². The van der Waals surface area contributed by atoms with Gasteiger partial charge in [0.05, 0.1) is 6.42 Å². The number of carbonyl (C=O) groups is 1. The highest BCUT2D eigenvalue weighted by atomic mass is 35.5. The second-order valence-electron chi connectivity index (χ2n) is 4.67. The predicted octanol–water partition coefficient (Wildman–Crippen LogP) is 2.88. The minimum Gasteiger partial charge on any atom is -0.325 e. The van der Waals surface area contributed by atoms with Gasteiger partial charge in [0.2, 0.25) is 5.91 Å². The molecule has 2 atom stereocenters. The maximum atomic E-state index is 11.4. The van der Waals surface area contributed by atoms with Crippen molar-refractivity contribution in [2.45, 2.75) is 32.7 Å². The number of nitrogens with one attached hydrogen (secondary N) is 1. The fourth-order valence-electron chi connectivity index (χ4n) is 2.16. The van der Waals surface area contributed by atoms with E-state index in [1.54, 1.807) is 0 Å². The smallest absolute Gasteiger partial charge is 0.228 e. The van der Waals surface area contributed by atoms with E-state index < -0.39 is 0 Å². The van der Waals surface area contributed by atoms with Crippen molar-refractivity contribution in [3.8, 4) is 0 Å². The summed E-state index contributed by atoms with van der Waals surface area (Å²) >= 11 is 6.07. The number of rotatable bonds is 3. The number of hydrogen-bond donors (Lipinski definition) is 2. The summed E-state index contributed by atoms with van der Waals surface area (Å²) in [6, 6.07) is 3.61. The molecule has 2 rings (SSSR count). The zero-order valence-electron chi connectivity index (χ0n) is 10.1. The molecule has 0 saturated carbocycles. The van der Waals surface area contributed by atoms with Crippen molar-refractivity contribution < 1.29 is 4.79 Å². The molecule has 1 aromatic carbocycles. The SMILES string of the molecule is CCC(C)C(N)c1cc(Cl)cc2c1NC(=O)C2. The summed E-state index contributed by atoms with van der Waals surface area (Å²) in [7, 11) is 0. The lowest BCUT2D eigenvalue weighted by Crippen LogP contribution is -2.20. The summed E-state index contributed by atoms with van der Waals surface area (Å²) < 4.78 is 0. The fraction of sp³-hybridized carbons (Fsp3) is 0.462. The van der Waals surface area contributed by atoms with Crippen molar-refractivity contribution >= 4 is 23.2 Å². The van der Waals surface area contributed by atoms with Gasteiger partial charge in [0.1, 0.15) is 0 Å². The Morgan fingerprint density at radius 2 is 2.24 bits per heavy atom. The molecule has 1 aromatic rings. The molecule has 0 aromatic heterocycles. The summed E-state index contributed by atoms with van der Waals surface area (Å²) in [6.07, 6.45) is 1.40. The lowest BCUT2D eigenvalue weighted by atomic mass is 9.91. The van der Waals surface area contributed by atoms with Gasteiger partial charge in [-0.3, -0.25) is 4.79 Å². The van der Waals surface area contributed by atoms with E-state index in [4.69, 9.17) is 17.3 Å². The highest BCUT2D eigenvalue weighted by Gasteiger charge is 2.25. The number of amides is 1. The first kappa shape index (κ1) is 12.4. The van der Waals surface area contributed by atoms with Crippen LogP contribution in [0.1, 0.15) is 37.4 Å². The van der Waals surface area contributed by atoms with Crippen molar-refractivity contribution in [3.05, 3.63) is 28.3 Å². The topological polar surface area (TPSA) is 55.1 Å². The van der Waals surface area contributed by atoms with Gasteiger partial charge in [-0.2, -0.15) is 0 Å². The summed E-state index contributed by atoms with van der Waals surface area (Å²) in [5.74, 6) is 0.370. The van der Waals surface area contributed by atoms with Crippen LogP contribution >= 0.6 is 11.6 Å². The van der Waals surface area contributed by atoms with E-state index in [-0.39, 0.29) is 11.9 Å². The first-order valence-electron chi connectivity index (χ1n) is 5.90. The van der Waals surface area contributed by atoms with Crippen LogP contribution < -0.4 is 11.1 Å². The molecule has 0 saturated heterocycles. The number of hydrogen-bond acceptors (Lipinski definition) is 2. The molecule has 4 heteroatoms. The van der Waals surface area contributed by atoms with Crippen LogP contribution in [-0.4, -0.2) is 5.91 Å². The Morgan fingerprint density at radius 1 is 1.53 bits per heavy atom. The predicted molar refractivity (Wildman–Crippen MR) is 70.2 cm³/mol. The van der Waals surface area contributed by atoms with Gasteiger partial charge in [0, 0.05) is 16.8 Å². The number of halogens is 1. The Labute approximate surface area is 106 Å². The second-order valence-corrected chi connectivity index (χ2v) is 5.10. The van der Waals surface area contributed by atoms with Gasteiger partial charge in [-0.25, -0.2) is 0 Å². The quantitative estimate of drug-likeness (QED) is 0.869. The fourth-order valence-corrected chi connectivity index (χ4v) is 2.41. The zero-order chi connectivity index (χ0) is 12.6. The van der Waals surface area contributed by atoms with Crippen LogP contribution in [0.25, 0.3) is 0 Å². The van der Waals surface area contributed by atoms with Gasteiger partial charge in [0.25, 0.3) is 0 Å². The summed E-state index contributed by atoms with van der Waals surface area (Å²) in [5, 5.41) is 3.52. The molecule has 0 bridgehead atoms. The number of nitrogens with two attached hydrogens (primary N) is 1. The average Bonchev–Trinajstić information content (AvgIpc) is 2.66. The third kappa shape index (κ3) is 2.31. The molecular formula is C13H17ClN2O. The van der Waals surface area contributed by atoms with Crippen molar-refractivity contribution in [3.63, 3.8) is 0 Å². The average molecular weight is 253 g/mol. The Morgan fingerprint density at radius 3 is 2.88 bits per heavy atom. The van der Waals surface area contributed by atoms with Crippen LogP contribution in [0.5, 0.6) is 0 Å². The van der Waals surface area contributed by atoms with Gasteiger partial charge in [-0.15, -0.1) is 0 Å². The van der Waals surface area contributed by atoms with E-state index in [1.165, 1.54) is 0 Å². The minimum atomic E-state index is -0.0918. The molecule has 92 valence electrons. The van der Waals surface area contributed by atoms with Gasteiger partial charge in [-0.1, -0.05) is 31.9 Å². The Bertz CT molecular complexity index is 459. The van der Waals surface area contributed by atoms with E-state index in [0.29, 0.717) is 17.4 Å². The van der Waals surface area contributed by atoms with E-state index in [9.17, 15) is 4.79 Å². The highest BCUT2D eigenvalue weighted by molar-refractivity contribution is 6.31. The number of anilines is 1. The van der Waals surface area contributed by atoms with Crippen molar-refractivity contribution in [2.75, 3.05) is 5.32 Å². The number of fused-ring (bicyclic) bond motifs is 1. The van der Waals surface area contributed by atoms with E-state index in [0.717, 1.165) is 23.2 Å². The first-order chi connectivity index (χ1) is 8.02. The van der Waals surface area contributed by atoms with Gasteiger partial charge in [-0.05, 0) is 29.2 Å². The molecule has 0 spiro atoms. The molecule has 0 fully saturated rings. The van der Waals surface area contributed by atoms with Crippen molar-refractivity contribution in [2.24, 2.45) is 11.7 Å². The standard InChI is InChI=1S/C13H17ClN2O/c1-3-7(2)12(15)10-6-9(14)4-8-5-11(17)16-13(8)10/h4,6-7,12H,3,5,15H2,1-2H3,(H,16,17). The number of benzene rings is 1. The molecule has 1 aliphatic heterocycles. The molecule has 3 N–H and O–H groups in total. The maximum absolute atomic E-state index is 11.4. The van der Waals surface area contributed by atoms with E-state index >= 15 is 0 Å². The minimum absolute atomic E-state index is 0.0138. The maximum Gasteiger partial charge on any atom is 0.228 e. The van der Waals surface area contributed by atoms with Crippen molar-refractivity contribution in [1.29, 1.82) is 0 Å². The summed E-state index contributed by atoms with van der Waals surface area (Å²) in [6.45, 7) is 4.21. The van der Waals surface area contributed by atoms with Gasteiger partial charge < -0.3 is 11.1 Å². The molecule has 17 heavy (non-hydrogen) atoms. The Kier molecular flexibility index (Phi) is 3.40. The molecular weight excluding hydrogens is 236 g/mol.